The zero-order valence-electron chi connectivity index (χ0n) is 9.16. The van der Waals surface area contributed by atoms with Crippen LogP contribution in [0.2, 0.25) is 0 Å². The first kappa shape index (κ1) is 10.5. The molecule has 4 nitrogen and oxygen atoms in total. The maximum atomic E-state index is 11.1. The zero-order chi connectivity index (χ0) is 10.7. The van der Waals surface area contributed by atoms with Crippen LogP contribution in [0.1, 0.15) is 19.8 Å². The highest BCUT2D eigenvalue weighted by Gasteiger charge is 2.30. The summed E-state index contributed by atoms with van der Waals surface area (Å²) in [5.74, 6) is 0.157. The Labute approximate surface area is 90.3 Å². The molecule has 0 aromatic rings. The molecule has 2 fully saturated rings. The van der Waals surface area contributed by atoms with Crippen molar-refractivity contribution in [3.8, 4) is 0 Å². The van der Waals surface area contributed by atoms with Gasteiger partial charge in [-0.25, -0.2) is 0 Å². The molecule has 15 heavy (non-hydrogen) atoms. The van der Waals surface area contributed by atoms with E-state index in [1.54, 1.807) is 0 Å². The van der Waals surface area contributed by atoms with Gasteiger partial charge in [-0.05, 0) is 25.6 Å². The summed E-state index contributed by atoms with van der Waals surface area (Å²) in [6.07, 6.45) is 5.73. The summed E-state index contributed by atoms with van der Waals surface area (Å²) >= 11 is 0. The highest BCUT2D eigenvalue weighted by atomic mass is 16.5. The molecule has 0 radical (unpaired) electrons. The quantitative estimate of drug-likeness (QED) is 0.721. The largest absolute Gasteiger partial charge is 0.378 e. The fourth-order valence-electron chi connectivity index (χ4n) is 1.94. The second-order valence-corrected chi connectivity index (χ2v) is 4.43. The Morgan fingerprint density at radius 1 is 1.47 bits per heavy atom. The normalized spacial score (nSPS) is 32.3. The Balaban J connectivity index is 1.89. The van der Waals surface area contributed by atoms with Crippen molar-refractivity contribution in [2.75, 3.05) is 26.3 Å². The Kier molecular flexibility index (Phi) is 2.95. The van der Waals surface area contributed by atoms with Crippen LogP contribution in [0.4, 0.5) is 0 Å². The van der Waals surface area contributed by atoms with Crippen molar-refractivity contribution in [1.82, 2.24) is 10.2 Å². The first-order chi connectivity index (χ1) is 7.18. The Morgan fingerprint density at radius 2 is 2.20 bits per heavy atom. The molecule has 0 saturated carbocycles. The van der Waals surface area contributed by atoms with E-state index in [0.717, 1.165) is 32.7 Å². The van der Waals surface area contributed by atoms with Gasteiger partial charge in [-0.2, -0.15) is 0 Å². The lowest BCUT2D eigenvalue weighted by atomic mass is 10.0. The number of nitrogens with one attached hydrogen (secondary N) is 1. The van der Waals surface area contributed by atoms with E-state index in [0.29, 0.717) is 6.42 Å². The SMILES string of the molecule is C[C@@]1(/C=C/N2CCOCC2)CCC(=O)N1. The Hall–Kier alpha value is -1.03. The van der Waals surface area contributed by atoms with Crippen molar-refractivity contribution in [2.45, 2.75) is 25.3 Å². The van der Waals surface area contributed by atoms with Gasteiger partial charge < -0.3 is 15.0 Å². The van der Waals surface area contributed by atoms with Gasteiger partial charge in [-0.15, -0.1) is 0 Å². The van der Waals surface area contributed by atoms with Crippen LogP contribution >= 0.6 is 0 Å². The third kappa shape index (κ3) is 2.72. The summed E-state index contributed by atoms with van der Waals surface area (Å²) in [6, 6.07) is 0. The number of rotatable bonds is 2. The maximum absolute atomic E-state index is 11.1. The van der Waals surface area contributed by atoms with E-state index in [2.05, 4.69) is 29.4 Å². The van der Waals surface area contributed by atoms with Crippen molar-refractivity contribution in [3.63, 3.8) is 0 Å². The molecule has 4 heteroatoms. The lowest BCUT2D eigenvalue weighted by Crippen LogP contribution is -2.38. The van der Waals surface area contributed by atoms with Crippen LogP contribution in [-0.4, -0.2) is 42.6 Å². The van der Waals surface area contributed by atoms with E-state index >= 15 is 0 Å². The fraction of sp³-hybridized carbons (Fsp3) is 0.727. The summed E-state index contributed by atoms with van der Waals surface area (Å²) in [4.78, 5) is 13.4. The summed E-state index contributed by atoms with van der Waals surface area (Å²) in [5, 5.41) is 2.99. The molecule has 1 N–H and O–H groups in total. The van der Waals surface area contributed by atoms with Gasteiger partial charge in [-0.1, -0.05) is 0 Å². The highest BCUT2D eigenvalue weighted by molar-refractivity contribution is 5.79. The molecule has 2 aliphatic rings. The lowest BCUT2D eigenvalue weighted by Gasteiger charge is -2.27. The molecule has 84 valence electrons. The van der Waals surface area contributed by atoms with Crippen LogP contribution < -0.4 is 5.32 Å². The van der Waals surface area contributed by atoms with Crippen LogP contribution in [0.5, 0.6) is 0 Å². The average Bonchev–Trinajstić information content (AvgIpc) is 2.58. The van der Waals surface area contributed by atoms with E-state index in [-0.39, 0.29) is 11.4 Å². The lowest BCUT2D eigenvalue weighted by molar-refractivity contribution is -0.119. The molecule has 2 saturated heterocycles. The highest BCUT2D eigenvalue weighted by Crippen LogP contribution is 2.21. The molecule has 0 aromatic carbocycles. The van der Waals surface area contributed by atoms with Crippen LogP contribution in [0.15, 0.2) is 12.3 Å². The number of hydrogen-bond donors (Lipinski definition) is 1. The second-order valence-electron chi connectivity index (χ2n) is 4.43. The molecular formula is C11H18N2O2. The fourth-order valence-corrected chi connectivity index (χ4v) is 1.94. The molecule has 0 bridgehead atoms. The number of nitrogens with zero attached hydrogens (tertiary/aromatic N) is 1. The number of hydrogen-bond acceptors (Lipinski definition) is 3. The minimum atomic E-state index is -0.143. The molecule has 0 unspecified atom stereocenters. The van der Waals surface area contributed by atoms with Crippen LogP contribution in [0, 0.1) is 0 Å². The van der Waals surface area contributed by atoms with Gasteiger partial charge in [0.1, 0.15) is 0 Å². The summed E-state index contributed by atoms with van der Waals surface area (Å²) in [5.41, 5.74) is -0.143. The molecular weight excluding hydrogens is 192 g/mol. The van der Waals surface area contributed by atoms with Crippen LogP contribution in [0.3, 0.4) is 0 Å². The smallest absolute Gasteiger partial charge is 0.220 e. The number of carbonyl (C=O) groups is 1. The molecule has 0 aliphatic carbocycles. The van der Waals surface area contributed by atoms with Gasteiger partial charge in [0.05, 0.1) is 18.8 Å². The molecule has 2 aliphatic heterocycles. The zero-order valence-corrected chi connectivity index (χ0v) is 9.16. The van der Waals surface area contributed by atoms with Crippen LogP contribution in [-0.2, 0) is 9.53 Å². The molecule has 1 atom stereocenters. The standard InChI is InChI=1S/C11H18N2O2/c1-11(3-2-10(14)12-11)4-5-13-6-8-15-9-7-13/h4-5H,2-3,6-9H2,1H3,(H,12,14)/b5-4+/t11-/m0/s1. The molecule has 1 amide bonds. The van der Waals surface area contributed by atoms with Crippen molar-refractivity contribution in [1.29, 1.82) is 0 Å². The Morgan fingerprint density at radius 3 is 2.80 bits per heavy atom. The van der Waals surface area contributed by atoms with E-state index in [4.69, 9.17) is 4.74 Å². The molecule has 0 aromatic heterocycles. The van der Waals surface area contributed by atoms with Gasteiger partial charge >= 0.3 is 0 Å². The van der Waals surface area contributed by atoms with Crippen molar-refractivity contribution >= 4 is 5.91 Å². The number of ether oxygens (including phenoxy) is 1. The first-order valence-corrected chi connectivity index (χ1v) is 5.50. The topological polar surface area (TPSA) is 41.6 Å². The predicted molar refractivity (Wildman–Crippen MR) is 57.3 cm³/mol. The van der Waals surface area contributed by atoms with Gasteiger partial charge in [0.25, 0.3) is 0 Å². The maximum Gasteiger partial charge on any atom is 0.220 e. The van der Waals surface area contributed by atoms with Crippen molar-refractivity contribution in [2.24, 2.45) is 0 Å². The minimum Gasteiger partial charge on any atom is -0.378 e. The van der Waals surface area contributed by atoms with Crippen molar-refractivity contribution < 1.29 is 9.53 Å². The number of carbonyl (C=O) groups excluding carboxylic acids is 1. The van der Waals surface area contributed by atoms with Crippen LogP contribution in [0.25, 0.3) is 0 Å². The summed E-state index contributed by atoms with van der Waals surface area (Å²) in [7, 11) is 0. The van der Waals surface area contributed by atoms with Gasteiger partial charge in [0, 0.05) is 19.5 Å². The van der Waals surface area contributed by atoms with E-state index < -0.39 is 0 Å². The molecule has 0 spiro atoms. The van der Waals surface area contributed by atoms with E-state index in [1.807, 2.05) is 0 Å². The summed E-state index contributed by atoms with van der Waals surface area (Å²) < 4.78 is 5.27. The predicted octanol–water partition coefficient (Wildman–Crippen LogP) is 0.501. The monoisotopic (exact) mass is 210 g/mol. The van der Waals surface area contributed by atoms with Gasteiger partial charge in [-0.3, -0.25) is 4.79 Å². The van der Waals surface area contributed by atoms with Gasteiger partial charge in [0.15, 0.2) is 0 Å². The van der Waals surface area contributed by atoms with E-state index in [9.17, 15) is 4.79 Å². The molecule has 2 rings (SSSR count). The average molecular weight is 210 g/mol. The second kappa shape index (κ2) is 4.23. The first-order valence-electron chi connectivity index (χ1n) is 5.50. The Bertz CT molecular complexity index is 272. The minimum absolute atomic E-state index is 0.143. The third-order valence-electron chi connectivity index (χ3n) is 3.00. The molecule has 2 heterocycles. The van der Waals surface area contributed by atoms with Crippen molar-refractivity contribution in [3.05, 3.63) is 12.3 Å². The summed E-state index contributed by atoms with van der Waals surface area (Å²) in [6.45, 7) is 5.55. The van der Waals surface area contributed by atoms with E-state index in [1.165, 1.54) is 0 Å². The third-order valence-corrected chi connectivity index (χ3v) is 3.00. The van der Waals surface area contributed by atoms with Gasteiger partial charge in [0.2, 0.25) is 5.91 Å². The number of amides is 1. The number of morpholine rings is 1.